The second-order valence-corrected chi connectivity index (χ2v) is 10.3. The van der Waals surface area contributed by atoms with Crippen LogP contribution in [0.1, 0.15) is 52.7 Å². The van der Waals surface area contributed by atoms with Gasteiger partial charge in [0.25, 0.3) is 5.22 Å². The number of benzene rings is 2. The van der Waals surface area contributed by atoms with E-state index in [1.165, 1.54) is 22.9 Å². The molecule has 3 aromatic rings. The number of nitrogens with zero attached hydrogens (tertiary/aromatic N) is 2. The Morgan fingerprint density at radius 1 is 0.867 bits per heavy atom. The molecule has 0 aliphatic carbocycles. The van der Waals surface area contributed by atoms with Gasteiger partial charge >= 0.3 is 0 Å². The molecule has 158 valence electrons. The van der Waals surface area contributed by atoms with Gasteiger partial charge in [-0.25, -0.2) is 0 Å². The Morgan fingerprint density at radius 3 is 1.93 bits per heavy atom. The van der Waals surface area contributed by atoms with Gasteiger partial charge in [-0.2, -0.15) is 0 Å². The van der Waals surface area contributed by atoms with E-state index in [-0.39, 0.29) is 22.5 Å². The van der Waals surface area contributed by atoms with Gasteiger partial charge in [-0.3, -0.25) is 4.79 Å². The van der Waals surface area contributed by atoms with E-state index < -0.39 is 0 Å². The number of thioether (sulfide) groups is 1. The third kappa shape index (κ3) is 5.72. The Hall–Kier alpha value is -2.60. The Kier molecular flexibility index (Phi) is 6.36. The number of hydrogen-bond donors (Lipinski definition) is 1. The zero-order valence-electron chi connectivity index (χ0n) is 18.4. The van der Waals surface area contributed by atoms with Crippen molar-refractivity contribution in [3.8, 4) is 11.5 Å². The molecule has 1 aromatic heterocycles. The number of amides is 1. The van der Waals surface area contributed by atoms with E-state index >= 15 is 0 Å². The topological polar surface area (TPSA) is 68.0 Å². The third-order valence-corrected chi connectivity index (χ3v) is 5.58. The van der Waals surface area contributed by atoms with Crippen LogP contribution >= 0.6 is 11.8 Å². The van der Waals surface area contributed by atoms with E-state index in [1.54, 1.807) is 0 Å². The minimum absolute atomic E-state index is 0.0844. The molecule has 0 saturated heterocycles. The normalized spacial score (nSPS) is 12.1. The molecule has 0 saturated carbocycles. The highest BCUT2D eigenvalue weighted by atomic mass is 32.2. The van der Waals surface area contributed by atoms with Crippen molar-refractivity contribution in [2.24, 2.45) is 0 Å². The fraction of sp³-hybridized carbons (Fsp3) is 0.375. The number of rotatable bonds is 5. The first kappa shape index (κ1) is 22.1. The molecule has 0 spiro atoms. The lowest BCUT2D eigenvalue weighted by Crippen LogP contribution is -2.15. The highest BCUT2D eigenvalue weighted by molar-refractivity contribution is 7.99. The Balaban J connectivity index is 1.55. The number of aromatic nitrogens is 2. The Labute approximate surface area is 182 Å². The third-order valence-electron chi connectivity index (χ3n) is 4.77. The maximum atomic E-state index is 12.3. The number of nitrogens with one attached hydrogen (secondary N) is 1. The molecule has 5 nitrogen and oxygen atoms in total. The zero-order chi connectivity index (χ0) is 21.9. The number of hydrogen-bond acceptors (Lipinski definition) is 5. The SMILES string of the molecule is CC(C)(C)c1ccc(NC(=O)CSc2nnc(-c3ccc(C(C)(C)C)cc3)o2)cc1. The number of carbonyl (C=O) groups excluding carboxylic acids is 1. The fourth-order valence-electron chi connectivity index (χ4n) is 2.88. The van der Waals surface area contributed by atoms with Crippen molar-refractivity contribution in [1.82, 2.24) is 10.2 Å². The molecule has 1 amide bonds. The lowest BCUT2D eigenvalue weighted by atomic mass is 9.87. The standard InChI is InChI=1S/C24H29N3O2S/c1-23(2,3)17-9-7-16(8-10-17)21-26-27-22(29-21)30-15-20(28)25-19-13-11-18(12-14-19)24(4,5)6/h7-14H,15H2,1-6H3,(H,25,28). The summed E-state index contributed by atoms with van der Waals surface area (Å²) < 4.78 is 5.71. The van der Waals surface area contributed by atoms with Gasteiger partial charge in [-0.1, -0.05) is 77.6 Å². The second-order valence-electron chi connectivity index (χ2n) is 9.36. The first-order valence-electron chi connectivity index (χ1n) is 10.00. The monoisotopic (exact) mass is 423 g/mol. The van der Waals surface area contributed by atoms with Crippen LogP contribution in [0.2, 0.25) is 0 Å². The fourth-order valence-corrected chi connectivity index (χ4v) is 3.44. The molecular weight excluding hydrogens is 394 g/mol. The Morgan fingerprint density at radius 2 is 1.40 bits per heavy atom. The average molecular weight is 424 g/mol. The van der Waals surface area contributed by atoms with Crippen LogP contribution in [-0.2, 0) is 15.6 Å². The first-order chi connectivity index (χ1) is 14.0. The van der Waals surface area contributed by atoms with Crippen LogP contribution in [0.4, 0.5) is 5.69 Å². The quantitative estimate of drug-likeness (QED) is 0.505. The molecule has 6 heteroatoms. The molecule has 0 atom stereocenters. The van der Waals surface area contributed by atoms with Gasteiger partial charge in [0.2, 0.25) is 11.8 Å². The maximum absolute atomic E-state index is 12.3. The molecule has 1 N–H and O–H groups in total. The van der Waals surface area contributed by atoms with Crippen LogP contribution in [0.15, 0.2) is 58.2 Å². The average Bonchev–Trinajstić information content (AvgIpc) is 3.15. The van der Waals surface area contributed by atoms with E-state index in [0.717, 1.165) is 11.3 Å². The molecule has 3 rings (SSSR count). The summed E-state index contributed by atoms with van der Waals surface area (Å²) in [6.07, 6.45) is 0. The highest BCUT2D eigenvalue weighted by Gasteiger charge is 2.16. The van der Waals surface area contributed by atoms with Crippen molar-refractivity contribution in [2.45, 2.75) is 57.6 Å². The van der Waals surface area contributed by atoms with Gasteiger partial charge in [0.15, 0.2) is 0 Å². The van der Waals surface area contributed by atoms with Crippen molar-refractivity contribution >= 4 is 23.4 Å². The molecule has 0 bridgehead atoms. The van der Waals surface area contributed by atoms with E-state index in [9.17, 15) is 4.79 Å². The first-order valence-corrected chi connectivity index (χ1v) is 11.0. The van der Waals surface area contributed by atoms with Crippen molar-refractivity contribution in [3.05, 3.63) is 59.7 Å². The van der Waals surface area contributed by atoms with Crippen LogP contribution in [-0.4, -0.2) is 21.9 Å². The van der Waals surface area contributed by atoms with Crippen LogP contribution in [0, 0.1) is 0 Å². The summed E-state index contributed by atoms with van der Waals surface area (Å²) in [5, 5.41) is 11.4. The Bertz CT molecular complexity index is 995. The highest BCUT2D eigenvalue weighted by Crippen LogP contribution is 2.27. The maximum Gasteiger partial charge on any atom is 0.277 e. The van der Waals surface area contributed by atoms with Gasteiger partial charge in [-0.05, 0) is 46.2 Å². The van der Waals surface area contributed by atoms with E-state index in [0.29, 0.717) is 11.1 Å². The molecule has 0 radical (unpaired) electrons. The molecule has 2 aromatic carbocycles. The summed E-state index contributed by atoms with van der Waals surface area (Å²) in [5.41, 5.74) is 4.29. The van der Waals surface area contributed by atoms with Gasteiger partial charge in [0.1, 0.15) is 0 Å². The van der Waals surface area contributed by atoms with Crippen LogP contribution in [0.5, 0.6) is 0 Å². The minimum atomic E-state index is -0.113. The van der Waals surface area contributed by atoms with Crippen molar-refractivity contribution in [1.29, 1.82) is 0 Å². The largest absolute Gasteiger partial charge is 0.411 e. The van der Waals surface area contributed by atoms with Gasteiger partial charge in [0.05, 0.1) is 5.75 Å². The summed E-state index contributed by atoms with van der Waals surface area (Å²) in [7, 11) is 0. The molecule has 0 aliphatic rings. The van der Waals surface area contributed by atoms with Crippen molar-refractivity contribution in [2.75, 3.05) is 11.1 Å². The summed E-state index contributed by atoms with van der Waals surface area (Å²) in [5.74, 6) is 0.542. The minimum Gasteiger partial charge on any atom is -0.411 e. The summed E-state index contributed by atoms with van der Waals surface area (Å²) in [6.45, 7) is 13.0. The van der Waals surface area contributed by atoms with Crippen LogP contribution in [0.25, 0.3) is 11.5 Å². The van der Waals surface area contributed by atoms with Gasteiger partial charge in [-0.15, -0.1) is 10.2 Å². The second kappa shape index (κ2) is 8.64. The van der Waals surface area contributed by atoms with Gasteiger partial charge in [0, 0.05) is 11.3 Å². The van der Waals surface area contributed by atoms with E-state index in [2.05, 4.69) is 69.2 Å². The molecule has 30 heavy (non-hydrogen) atoms. The molecule has 0 unspecified atom stereocenters. The van der Waals surface area contributed by atoms with Gasteiger partial charge < -0.3 is 9.73 Å². The predicted octanol–water partition coefficient (Wildman–Crippen LogP) is 6.06. The lowest BCUT2D eigenvalue weighted by Gasteiger charge is -2.19. The number of carbonyl (C=O) groups is 1. The van der Waals surface area contributed by atoms with Crippen LogP contribution in [0.3, 0.4) is 0 Å². The van der Waals surface area contributed by atoms with Crippen LogP contribution < -0.4 is 5.32 Å². The van der Waals surface area contributed by atoms with E-state index in [1.807, 2.05) is 36.4 Å². The van der Waals surface area contributed by atoms with E-state index in [4.69, 9.17) is 4.42 Å². The molecule has 1 heterocycles. The predicted molar refractivity (Wildman–Crippen MR) is 123 cm³/mol. The lowest BCUT2D eigenvalue weighted by molar-refractivity contribution is -0.113. The summed E-state index contributed by atoms with van der Waals surface area (Å²) in [6, 6.07) is 16.0. The smallest absolute Gasteiger partial charge is 0.277 e. The molecular formula is C24H29N3O2S. The number of anilines is 1. The molecule has 0 aliphatic heterocycles. The molecule has 0 fully saturated rings. The van der Waals surface area contributed by atoms with Crippen molar-refractivity contribution in [3.63, 3.8) is 0 Å². The summed E-state index contributed by atoms with van der Waals surface area (Å²) in [4.78, 5) is 12.3. The van der Waals surface area contributed by atoms with Crippen molar-refractivity contribution < 1.29 is 9.21 Å². The zero-order valence-corrected chi connectivity index (χ0v) is 19.3. The summed E-state index contributed by atoms with van der Waals surface area (Å²) >= 11 is 1.23.